The Morgan fingerprint density at radius 2 is 2.05 bits per heavy atom. The summed E-state index contributed by atoms with van der Waals surface area (Å²) in [5.41, 5.74) is -1.15. The first-order chi connectivity index (χ1) is 9.34. The van der Waals surface area contributed by atoms with Crippen molar-refractivity contribution in [1.29, 1.82) is 0 Å². The summed E-state index contributed by atoms with van der Waals surface area (Å²) in [5, 5.41) is 6.45. The number of rotatable bonds is 3. The van der Waals surface area contributed by atoms with Gasteiger partial charge in [-0.3, -0.25) is 5.10 Å². The highest BCUT2D eigenvalue weighted by atomic mass is 32.1. The van der Waals surface area contributed by atoms with E-state index in [9.17, 15) is 17.6 Å². The van der Waals surface area contributed by atoms with Crippen LogP contribution in [0.5, 0.6) is 0 Å². The number of nitrogens with one attached hydrogen (secondary N) is 1. The molecule has 0 spiro atoms. The van der Waals surface area contributed by atoms with Gasteiger partial charge in [-0.2, -0.15) is 18.3 Å². The molecule has 1 aromatic carbocycles. The van der Waals surface area contributed by atoms with Gasteiger partial charge in [0.25, 0.3) is 0 Å². The predicted octanol–water partition coefficient (Wildman–Crippen LogP) is 4.18. The molecule has 0 unspecified atom stereocenters. The molecule has 0 fully saturated rings. The molecule has 0 atom stereocenters. The van der Waals surface area contributed by atoms with Crippen LogP contribution >= 0.6 is 12.2 Å². The Hall–Kier alpha value is -1.70. The third-order valence-corrected chi connectivity index (χ3v) is 3.05. The minimum absolute atomic E-state index is 0.166. The average Bonchev–Trinajstić information content (AvgIpc) is 2.71. The van der Waals surface area contributed by atoms with Gasteiger partial charge in [0.1, 0.15) is 5.82 Å². The van der Waals surface area contributed by atoms with Gasteiger partial charge in [0.15, 0.2) is 10.6 Å². The lowest BCUT2D eigenvalue weighted by atomic mass is 10.1. The molecule has 3 nitrogen and oxygen atoms in total. The molecule has 0 bridgehead atoms. The minimum Gasteiger partial charge on any atom is -0.300 e. The van der Waals surface area contributed by atoms with Crippen LogP contribution in [0, 0.1) is 10.6 Å². The van der Waals surface area contributed by atoms with E-state index in [2.05, 4.69) is 10.2 Å². The molecule has 0 aliphatic carbocycles. The normalized spacial score (nSPS) is 11.8. The Morgan fingerprint density at radius 1 is 1.35 bits per heavy atom. The van der Waals surface area contributed by atoms with Crippen molar-refractivity contribution >= 4 is 12.2 Å². The zero-order valence-electron chi connectivity index (χ0n) is 10.5. The Kier molecular flexibility index (Phi) is 3.94. The van der Waals surface area contributed by atoms with Gasteiger partial charge in [0.05, 0.1) is 5.56 Å². The summed E-state index contributed by atoms with van der Waals surface area (Å²) in [7, 11) is 0. The number of halogens is 4. The van der Waals surface area contributed by atoms with Gasteiger partial charge in [-0.1, -0.05) is 6.92 Å². The standard InChI is InChI=1S/C12H11F4N3S/c1-2-5-19-10(17-18-11(19)20)7-3-4-9(13)8(6-7)12(14,15)16/h3-4,6H,2,5H2,1H3,(H,18,20). The lowest BCUT2D eigenvalue weighted by Gasteiger charge is -2.10. The molecular weight excluding hydrogens is 294 g/mol. The van der Waals surface area contributed by atoms with Crippen molar-refractivity contribution in [3.05, 3.63) is 34.4 Å². The Balaban J connectivity index is 2.57. The van der Waals surface area contributed by atoms with Crippen LogP contribution in [0.2, 0.25) is 0 Å². The first-order valence-electron chi connectivity index (χ1n) is 5.87. The first-order valence-corrected chi connectivity index (χ1v) is 6.27. The smallest absolute Gasteiger partial charge is 0.300 e. The molecule has 0 amide bonds. The van der Waals surface area contributed by atoms with Crippen LogP contribution in [0.25, 0.3) is 11.4 Å². The third kappa shape index (κ3) is 2.74. The van der Waals surface area contributed by atoms with E-state index in [1.54, 1.807) is 4.57 Å². The summed E-state index contributed by atoms with van der Waals surface area (Å²) in [6.07, 6.45) is -4.00. The number of alkyl halides is 3. The van der Waals surface area contributed by atoms with Gasteiger partial charge in [-0.25, -0.2) is 4.39 Å². The second-order valence-electron chi connectivity index (χ2n) is 4.20. The highest BCUT2D eigenvalue weighted by molar-refractivity contribution is 7.71. The molecule has 0 saturated heterocycles. The Bertz CT molecular complexity index is 672. The molecule has 0 aliphatic rings. The lowest BCUT2D eigenvalue weighted by molar-refractivity contribution is -0.139. The highest BCUT2D eigenvalue weighted by Gasteiger charge is 2.34. The van der Waals surface area contributed by atoms with E-state index in [1.165, 1.54) is 6.07 Å². The molecule has 0 aliphatic heterocycles. The number of nitrogens with zero attached hydrogens (tertiary/aromatic N) is 2. The second kappa shape index (κ2) is 5.35. The number of hydrogen-bond donors (Lipinski definition) is 1. The summed E-state index contributed by atoms with van der Waals surface area (Å²) < 4.78 is 53.3. The van der Waals surface area contributed by atoms with E-state index >= 15 is 0 Å². The largest absolute Gasteiger partial charge is 0.419 e. The van der Waals surface area contributed by atoms with Crippen molar-refractivity contribution in [3.8, 4) is 11.4 Å². The quantitative estimate of drug-likeness (QED) is 0.682. The van der Waals surface area contributed by atoms with Crippen LogP contribution in [0.15, 0.2) is 18.2 Å². The topological polar surface area (TPSA) is 33.6 Å². The fourth-order valence-corrected chi connectivity index (χ4v) is 2.07. The Morgan fingerprint density at radius 3 is 2.65 bits per heavy atom. The van der Waals surface area contributed by atoms with E-state index in [0.717, 1.165) is 18.6 Å². The molecule has 0 radical (unpaired) electrons. The van der Waals surface area contributed by atoms with Gasteiger partial charge in [-0.05, 0) is 36.8 Å². The number of H-pyrrole nitrogens is 1. The lowest BCUT2D eigenvalue weighted by Crippen LogP contribution is -2.09. The zero-order valence-corrected chi connectivity index (χ0v) is 11.3. The van der Waals surface area contributed by atoms with Crippen molar-refractivity contribution in [2.45, 2.75) is 26.1 Å². The van der Waals surface area contributed by atoms with E-state index < -0.39 is 17.6 Å². The van der Waals surface area contributed by atoms with Crippen LogP contribution in [-0.4, -0.2) is 14.8 Å². The van der Waals surface area contributed by atoms with E-state index in [0.29, 0.717) is 11.3 Å². The molecule has 1 aromatic heterocycles. The van der Waals surface area contributed by atoms with Crippen LogP contribution in [0.4, 0.5) is 17.6 Å². The molecule has 1 heterocycles. The SMILES string of the molecule is CCCn1c(-c2ccc(F)c(C(F)(F)F)c2)n[nH]c1=S. The maximum atomic E-state index is 13.3. The van der Waals surface area contributed by atoms with E-state index in [-0.39, 0.29) is 11.4 Å². The molecule has 108 valence electrons. The molecule has 2 rings (SSSR count). The molecule has 1 N–H and O–H groups in total. The summed E-state index contributed by atoms with van der Waals surface area (Å²) in [5.74, 6) is -1.04. The molecular formula is C12H11F4N3S. The first kappa shape index (κ1) is 14.7. The Labute approximate surface area is 117 Å². The van der Waals surface area contributed by atoms with Crippen molar-refractivity contribution in [2.75, 3.05) is 0 Å². The maximum absolute atomic E-state index is 13.3. The van der Waals surface area contributed by atoms with Crippen LogP contribution < -0.4 is 0 Å². The molecule has 8 heteroatoms. The van der Waals surface area contributed by atoms with E-state index in [1.807, 2.05) is 6.92 Å². The minimum atomic E-state index is -4.75. The van der Waals surface area contributed by atoms with Crippen molar-refractivity contribution in [3.63, 3.8) is 0 Å². The summed E-state index contributed by atoms with van der Waals surface area (Å²) >= 11 is 5.02. The van der Waals surface area contributed by atoms with Crippen molar-refractivity contribution < 1.29 is 17.6 Å². The third-order valence-electron chi connectivity index (χ3n) is 2.74. The van der Waals surface area contributed by atoms with Crippen LogP contribution in [0.3, 0.4) is 0 Å². The van der Waals surface area contributed by atoms with Crippen molar-refractivity contribution in [2.24, 2.45) is 0 Å². The van der Waals surface area contributed by atoms with Gasteiger partial charge in [0, 0.05) is 12.1 Å². The maximum Gasteiger partial charge on any atom is 0.419 e. The monoisotopic (exact) mass is 305 g/mol. The zero-order chi connectivity index (χ0) is 14.9. The fraction of sp³-hybridized carbons (Fsp3) is 0.333. The van der Waals surface area contributed by atoms with Gasteiger partial charge >= 0.3 is 6.18 Å². The van der Waals surface area contributed by atoms with Crippen LogP contribution in [0.1, 0.15) is 18.9 Å². The summed E-state index contributed by atoms with van der Waals surface area (Å²) in [6.45, 7) is 2.42. The fourth-order valence-electron chi connectivity index (χ4n) is 1.85. The average molecular weight is 305 g/mol. The van der Waals surface area contributed by atoms with Gasteiger partial charge in [-0.15, -0.1) is 0 Å². The predicted molar refractivity (Wildman–Crippen MR) is 68.1 cm³/mol. The molecule has 2 aromatic rings. The van der Waals surface area contributed by atoms with Crippen molar-refractivity contribution in [1.82, 2.24) is 14.8 Å². The number of hydrogen-bond acceptors (Lipinski definition) is 2. The number of aromatic nitrogens is 3. The van der Waals surface area contributed by atoms with Gasteiger partial charge < -0.3 is 4.57 Å². The number of benzene rings is 1. The van der Waals surface area contributed by atoms with E-state index in [4.69, 9.17) is 12.2 Å². The van der Waals surface area contributed by atoms with Gasteiger partial charge in [0.2, 0.25) is 0 Å². The summed E-state index contributed by atoms with van der Waals surface area (Å²) in [6, 6.07) is 2.78. The number of aromatic amines is 1. The summed E-state index contributed by atoms with van der Waals surface area (Å²) in [4.78, 5) is 0. The van der Waals surface area contributed by atoms with Crippen LogP contribution in [-0.2, 0) is 12.7 Å². The second-order valence-corrected chi connectivity index (χ2v) is 4.58. The highest BCUT2D eigenvalue weighted by Crippen LogP contribution is 2.33. The molecule has 0 saturated carbocycles. The molecule has 20 heavy (non-hydrogen) atoms.